The van der Waals surface area contributed by atoms with Crippen LogP contribution in [0.2, 0.25) is 0 Å². The minimum atomic E-state index is -0.475. The van der Waals surface area contributed by atoms with E-state index in [1.165, 1.54) is 11.1 Å². The summed E-state index contributed by atoms with van der Waals surface area (Å²) in [6.45, 7) is 13.8. The molecule has 0 aromatic heterocycles. The summed E-state index contributed by atoms with van der Waals surface area (Å²) in [5, 5.41) is 0. The van der Waals surface area contributed by atoms with Crippen molar-refractivity contribution in [2.24, 2.45) is 0 Å². The zero-order valence-corrected chi connectivity index (χ0v) is 25.8. The predicted molar refractivity (Wildman–Crippen MR) is 163 cm³/mol. The van der Waals surface area contributed by atoms with Crippen LogP contribution >= 0.6 is 22.6 Å². The zero-order chi connectivity index (χ0) is 28.2. The maximum absolute atomic E-state index is 12.6. The highest BCUT2D eigenvalue weighted by molar-refractivity contribution is 14.1. The van der Waals surface area contributed by atoms with E-state index in [4.69, 9.17) is 18.9 Å². The van der Waals surface area contributed by atoms with Crippen LogP contribution in [0.3, 0.4) is 0 Å². The van der Waals surface area contributed by atoms with Crippen molar-refractivity contribution in [3.8, 4) is 17.2 Å². The third-order valence-corrected chi connectivity index (χ3v) is 8.04. The Labute approximate surface area is 245 Å². The van der Waals surface area contributed by atoms with Gasteiger partial charge >= 0.3 is 5.97 Å². The molecule has 4 rings (SSSR count). The maximum atomic E-state index is 12.6. The average molecular weight is 641 g/mol. The number of halogens is 1. The molecule has 3 aromatic rings. The van der Waals surface area contributed by atoms with Gasteiger partial charge in [0, 0.05) is 5.56 Å². The first kappa shape index (κ1) is 29.0. The second-order valence-corrected chi connectivity index (χ2v) is 11.8. The Morgan fingerprint density at radius 1 is 1.03 bits per heavy atom. The molecule has 0 N–H and O–H groups in total. The molecule has 0 saturated heterocycles. The van der Waals surface area contributed by atoms with E-state index in [0.717, 1.165) is 55.9 Å². The van der Waals surface area contributed by atoms with Crippen molar-refractivity contribution in [2.45, 2.75) is 66.6 Å². The number of carbonyl (C=O) groups excluding carboxylic acids is 1. The van der Waals surface area contributed by atoms with Gasteiger partial charge in [-0.2, -0.15) is 0 Å². The summed E-state index contributed by atoms with van der Waals surface area (Å²) in [7, 11) is 0. The SMILES string of the molecule is CC(C)=CCOc1c(C)c(C)c2c(c1C)CCC(C)(COc1ccc(C(=O)OCc3ccccc3)cc1I)O2. The Morgan fingerprint density at radius 3 is 2.46 bits per heavy atom. The first-order chi connectivity index (χ1) is 18.6. The number of allylic oxidation sites excluding steroid dienone is 1. The van der Waals surface area contributed by atoms with Gasteiger partial charge in [0.1, 0.15) is 42.7 Å². The molecule has 0 radical (unpaired) electrons. The summed E-state index contributed by atoms with van der Waals surface area (Å²) in [6.07, 6.45) is 3.82. The van der Waals surface area contributed by atoms with E-state index in [-0.39, 0.29) is 12.6 Å². The number of rotatable bonds is 9. The van der Waals surface area contributed by atoms with Crippen molar-refractivity contribution < 1.29 is 23.7 Å². The first-order valence-electron chi connectivity index (χ1n) is 13.3. The monoisotopic (exact) mass is 640 g/mol. The van der Waals surface area contributed by atoms with Crippen molar-refractivity contribution in [1.29, 1.82) is 0 Å². The van der Waals surface area contributed by atoms with Gasteiger partial charge in [-0.05, 0) is 124 Å². The topological polar surface area (TPSA) is 54.0 Å². The van der Waals surface area contributed by atoms with E-state index in [1.807, 2.05) is 36.4 Å². The molecule has 0 amide bonds. The molecule has 0 fully saturated rings. The molecule has 5 nitrogen and oxygen atoms in total. The minimum Gasteiger partial charge on any atom is -0.489 e. The number of carbonyl (C=O) groups is 1. The second kappa shape index (κ2) is 12.5. The Hall–Kier alpha value is -3.00. The van der Waals surface area contributed by atoms with E-state index < -0.39 is 5.60 Å². The molecular weight excluding hydrogens is 603 g/mol. The van der Waals surface area contributed by atoms with Gasteiger partial charge in [0.2, 0.25) is 0 Å². The molecule has 1 aliphatic heterocycles. The Morgan fingerprint density at radius 2 is 1.77 bits per heavy atom. The maximum Gasteiger partial charge on any atom is 0.338 e. The quantitative estimate of drug-likeness (QED) is 0.135. The Kier molecular flexibility index (Phi) is 9.26. The van der Waals surface area contributed by atoms with Crippen LogP contribution in [0.1, 0.15) is 65.4 Å². The summed E-state index contributed by atoms with van der Waals surface area (Å²) in [5.74, 6) is 2.28. The van der Waals surface area contributed by atoms with Gasteiger partial charge in [0.05, 0.1) is 9.13 Å². The van der Waals surface area contributed by atoms with Crippen LogP contribution in [-0.2, 0) is 17.8 Å². The predicted octanol–water partition coefficient (Wildman–Crippen LogP) is 8.08. The lowest BCUT2D eigenvalue weighted by molar-refractivity contribution is 0.0163. The molecule has 3 aromatic carbocycles. The van der Waals surface area contributed by atoms with Gasteiger partial charge in [-0.15, -0.1) is 0 Å². The van der Waals surface area contributed by atoms with E-state index in [0.29, 0.717) is 18.8 Å². The summed E-state index contributed by atoms with van der Waals surface area (Å²) in [5.41, 5.74) is 6.82. The van der Waals surface area contributed by atoms with Crippen molar-refractivity contribution in [1.82, 2.24) is 0 Å². The standard InChI is InChI=1S/C33H37IO5/c1-21(2)15-17-36-30-22(3)23(4)31-27(24(30)5)14-16-33(6,39-31)20-38-29-13-12-26(18-28(29)34)32(35)37-19-25-10-8-7-9-11-25/h7-13,15,18H,14,16-17,19-20H2,1-6H3. The molecular formula is C33H37IO5. The molecule has 0 spiro atoms. The third kappa shape index (κ3) is 6.96. The summed E-state index contributed by atoms with van der Waals surface area (Å²) >= 11 is 2.20. The fourth-order valence-corrected chi connectivity index (χ4v) is 5.34. The number of hydrogen-bond donors (Lipinski definition) is 0. The smallest absolute Gasteiger partial charge is 0.338 e. The normalized spacial score (nSPS) is 16.1. The fraction of sp³-hybridized carbons (Fsp3) is 0.364. The summed E-state index contributed by atoms with van der Waals surface area (Å²) in [4.78, 5) is 12.6. The Balaban J connectivity index is 1.42. The number of ether oxygens (including phenoxy) is 4. The highest BCUT2D eigenvalue weighted by Gasteiger charge is 2.36. The Bertz CT molecular complexity index is 1370. The van der Waals surface area contributed by atoms with Gasteiger partial charge in [-0.25, -0.2) is 4.79 Å². The van der Waals surface area contributed by atoms with Crippen LogP contribution < -0.4 is 14.2 Å². The van der Waals surface area contributed by atoms with Crippen LogP contribution in [0, 0.1) is 24.3 Å². The van der Waals surface area contributed by atoms with E-state index in [2.05, 4.69) is 70.2 Å². The van der Waals surface area contributed by atoms with Crippen LogP contribution in [-0.4, -0.2) is 24.8 Å². The summed E-state index contributed by atoms with van der Waals surface area (Å²) in [6, 6.07) is 15.0. The molecule has 206 valence electrons. The first-order valence-corrected chi connectivity index (χ1v) is 14.4. The number of hydrogen-bond acceptors (Lipinski definition) is 5. The molecule has 1 atom stereocenters. The number of fused-ring (bicyclic) bond motifs is 1. The van der Waals surface area contributed by atoms with E-state index in [1.54, 1.807) is 12.1 Å². The van der Waals surface area contributed by atoms with Gasteiger partial charge in [-0.3, -0.25) is 0 Å². The molecule has 1 heterocycles. The van der Waals surface area contributed by atoms with Gasteiger partial charge in [0.15, 0.2) is 0 Å². The molecule has 1 aliphatic rings. The minimum absolute atomic E-state index is 0.243. The molecule has 0 aliphatic carbocycles. The highest BCUT2D eigenvalue weighted by Crippen LogP contribution is 2.44. The lowest BCUT2D eigenvalue weighted by atomic mass is 9.87. The van der Waals surface area contributed by atoms with Crippen molar-refractivity contribution >= 4 is 28.6 Å². The van der Waals surface area contributed by atoms with Crippen LogP contribution in [0.15, 0.2) is 60.2 Å². The van der Waals surface area contributed by atoms with Crippen LogP contribution in [0.25, 0.3) is 0 Å². The summed E-state index contributed by atoms with van der Waals surface area (Å²) < 4.78 is 25.4. The number of esters is 1. The van der Waals surface area contributed by atoms with E-state index >= 15 is 0 Å². The molecule has 0 saturated carbocycles. The van der Waals surface area contributed by atoms with Crippen molar-refractivity contribution in [3.63, 3.8) is 0 Å². The van der Waals surface area contributed by atoms with Crippen molar-refractivity contribution in [3.05, 3.63) is 97.1 Å². The molecule has 1 unspecified atom stereocenters. The van der Waals surface area contributed by atoms with Crippen LogP contribution in [0.5, 0.6) is 17.2 Å². The molecule has 39 heavy (non-hydrogen) atoms. The fourth-order valence-electron chi connectivity index (χ4n) is 4.67. The molecule has 6 heteroatoms. The van der Waals surface area contributed by atoms with Gasteiger partial charge in [0.25, 0.3) is 0 Å². The second-order valence-electron chi connectivity index (χ2n) is 10.7. The zero-order valence-electron chi connectivity index (χ0n) is 23.7. The number of benzene rings is 3. The highest BCUT2D eigenvalue weighted by atomic mass is 127. The van der Waals surface area contributed by atoms with Crippen LogP contribution in [0.4, 0.5) is 0 Å². The largest absolute Gasteiger partial charge is 0.489 e. The molecule has 0 bridgehead atoms. The van der Waals surface area contributed by atoms with Gasteiger partial charge in [-0.1, -0.05) is 35.9 Å². The lowest BCUT2D eigenvalue weighted by Gasteiger charge is -2.38. The third-order valence-electron chi connectivity index (χ3n) is 7.20. The average Bonchev–Trinajstić information content (AvgIpc) is 2.92. The van der Waals surface area contributed by atoms with Crippen molar-refractivity contribution in [2.75, 3.05) is 13.2 Å². The lowest BCUT2D eigenvalue weighted by Crippen LogP contribution is -2.42. The van der Waals surface area contributed by atoms with Gasteiger partial charge < -0.3 is 18.9 Å². The van der Waals surface area contributed by atoms with E-state index in [9.17, 15) is 4.79 Å².